The fourth-order valence-electron chi connectivity index (χ4n) is 0.434. The van der Waals surface area contributed by atoms with E-state index in [1.54, 1.807) is 6.92 Å². The second-order valence-corrected chi connectivity index (χ2v) is 2.81. The van der Waals surface area contributed by atoms with E-state index in [1.165, 1.54) is 0 Å². The van der Waals surface area contributed by atoms with Crippen molar-refractivity contribution in [2.75, 3.05) is 0 Å². The first-order valence-corrected chi connectivity index (χ1v) is 3.35. The normalized spacial score (nSPS) is 8.90. The number of thiocarbonyl (C=S) groups is 1. The van der Waals surface area contributed by atoms with Crippen LogP contribution in [0.15, 0.2) is 12.2 Å². The van der Waals surface area contributed by atoms with Crippen LogP contribution in [0.1, 0.15) is 19.8 Å². The summed E-state index contributed by atoms with van der Waals surface area (Å²) in [7, 11) is 0. The van der Waals surface area contributed by atoms with Crippen LogP contribution in [0.2, 0.25) is 0 Å². The third-order valence-corrected chi connectivity index (χ3v) is 1.29. The molecule has 0 saturated heterocycles. The second-order valence-electron chi connectivity index (χ2n) is 2.11. The molecule has 0 spiro atoms. The highest BCUT2D eigenvalue weighted by Crippen LogP contribution is 2.02. The summed E-state index contributed by atoms with van der Waals surface area (Å²) in [5.74, 6) is -0.934. The number of carbonyl (C=O) groups is 1. The Kier molecular flexibility index (Phi) is 3.88. The molecule has 0 heterocycles. The second kappa shape index (κ2) is 4.17. The number of carboxylic acid groups (broad SMARTS) is 1. The first-order chi connectivity index (χ1) is 4.54. The molecule has 0 aromatic rings. The zero-order valence-corrected chi connectivity index (χ0v) is 6.70. The Bertz CT molecular complexity index is 172. The van der Waals surface area contributed by atoms with Crippen molar-refractivity contribution < 1.29 is 9.90 Å². The average molecular weight is 158 g/mol. The summed E-state index contributed by atoms with van der Waals surface area (Å²) in [5, 5.41) is 8.35. The van der Waals surface area contributed by atoms with Crippen LogP contribution in [0.25, 0.3) is 0 Å². The molecule has 0 aromatic heterocycles. The Morgan fingerprint density at radius 2 is 2.10 bits per heavy atom. The lowest BCUT2D eigenvalue weighted by Crippen LogP contribution is -2.00. The summed E-state index contributed by atoms with van der Waals surface area (Å²) in [5.41, 5.74) is 0.226. The molecule has 0 aromatic carbocycles. The van der Waals surface area contributed by atoms with Gasteiger partial charge in [-0.15, -0.1) is 0 Å². The highest BCUT2D eigenvalue weighted by molar-refractivity contribution is 7.80. The average Bonchev–Trinajstić information content (AvgIpc) is 1.82. The first kappa shape index (κ1) is 9.30. The quantitative estimate of drug-likeness (QED) is 0.500. The Labute approximate surface area is 65.6 Å². The van der Waals surface area contributed by atoms with Crippen LogP contribution in [0.3, 0.4) is 0 Å². The Morgan fingerprint density at radius 1 is 1.60 bits per heavy atom. The van der Waals surface area contributed by atoms with Gasteiger partial charge in [0.05, 0.1) is 0 Å². The lowest BCUT2D eigenvalue weighted by atomic mass is 10.1. The molecule has 3 heteroatoms. The van der Waals surface area contributed by atoms with Crippen LogP contribution in [0, 0.1) is 0 Å². The van der Waals surface area contributed by atoms with Crippen LogP contribution in [0.5, 0.6) is 0 Å². The molecule has 0 atom stereocenters. The summed E-state index contributed by atoms with van der Waals surface area (Å²) >= 11 is 4.77. The maximum Gasteiger partial charge on any atom is 0.330 e. The maximum absolute atomic E-state index is 10.2. The van der Waals surface area contributed by atoms with E-state index in [9.17, 15) is 4.79 Å². The monoisotopic (exact) mass is 158 g/mol. The highest BCUT2D eigenvalue weighted by Gasteiger charge is 2.02. The van der Waals surface area contributed by atoms with Gasteiger partial charge in [0.15, 0.2) is 0 Å². The molecule has 1 N–H and O–H groups in total. The molecule has 0 unspecified atom stereocenters. The molecule has 0 aliphatic carbocycles. The van der Waals surface area contributed by atoms with Crippen molar-refractivity contribution in [2.24, 2.45) is 0 Å². The van der Waals surface area contributed by atoms with Gasteiger partial charge >= 0.3 is 5.97 Å². The standard InChI is InChI=1S/C7H10O2S/c1-5(7(8)9)3-4-6(2)10/h1,3-4H2,2H3,(H,8,9). The number of hydrogen-bond donors (Lipinski definition) is 1. The third-order valence-electron chi connectivity index (χ3n) is 1.08. The molecule has 2 nitrogen and oxygen atoms in total. The molecule has 10 heavy (non-hydrogen) atoms. The topological polar surface area (TPSA) is 37.3 Å². The first-order valence-electron chi connectivity index (χ1n) is 2.94. The van der Waals surface area contributed by atoms with Gasteiger partial charge in [0, 0.05) is 5.57 Å². The minimum atomic E-state index is -0.934. The molecule has 0 radical (unpaired) electrons. The summed E-state index contributed by atoms with van der Waals surface area (Å²) in [6.45, 7) is 5.16. The highest BCUT2D eigenvalue weighted by atomic mass is 32.1. The van der Waals surface area contributed by atoms with Gasteiger partial charge in [-0.25, -0.2) is 4.79 Å². The predicted octanol–water partition coefficient (Wildman–Crippen LogP) is 1.80. The molecule has 0 aliphatic rings. The molecule has 0 rings (SSSR count). The number of hydrogen-bond acceptors (Lipinski definition) is 2. The fourth-order valence-corrected chi connectivity index (χ4v) is 0.536. The molecule has 0 fully saturated rings. The van der Waals surface area contributed by atoms with E-state index < -0.39 is 5.97 Å². The summed E-state index contributed by atoms with van der Waals surface area (Å²) in [6.07, 6.45) is 1.10. The number of carboxylic acids is 1. The lowest BCUT2D eigenvalue weighted by Gasteiger charge is -1.96. The Hall–Kier alpha value is -0.700. The third kappa shape index (κ3) is 4.21. The van der Waals surface area contributed by atoms with E-state index in [0.29, 0.717) is 12.8 Å². The van der Waals surface area contributed by atoms with Crippen LogP contribution >= 0.6 is 12.2 Å². The van der Waals surface area contributed by atoms with E-state index in [-0.39, 0.29) is 5.57 Å². The fraction of sp³-hybridized carbons (Fsp3) is 0.429. The van der Waals surface area contributed by atoms with E-state index in [1.807, 2.05) is 0 Å². The van der Waals surface area contributed by atoms with Crippen LogP contribution in [-0.4, -0.2) is 15.9 Å². The van der Waals surface area contributed by atoms with Gasteiger partial charge in [-0.2, -0.15) is 0 Å². The van der Waals surface area contributed by atoms with Gasteiger partial charge in [-0.1, -0.05) is 18.8 Å². The van der Waals surface area contributed by atoms with Gasteiger partial charge in [0.1, 0.15) is 0 Å². The summed E-state index contributed by atoms with van der Waals surface area (Å²) in [4.78, 5) is 11.0. The SMILES string of the molecule is C=C(CCC(C)=S)C(=O)O. The zero-order valence-electron chi connectivity index (χ0n) is 5.89. The van der Waals surface area contributed by atoms with E-state index in [2.05, 4.69) is 6.58 Å². The van der Waals surface area contributed by atoms with Crippen LogP contribution in [-0.2, 0) is 4.79 Å². The molecule has 0 bridgehead atoms. The zero-order chi connectivity index (χ0) is 8.15. The van der Waals surface area contributed by atoms with Gasteiger partial charge in [-0.05, 0) is 24.6 Å². The van der Waals surface area contributed by atoms with E-state index in [4.69, 9.17) is 17.3 Å². The molecule has 56 valence electrons. The minimum Gasteiger partial charge on any atom is -0.478 e. The van der Waals surface area contributed by atoms with Gasteiger partial charge in [0.2, 0.25) is 0 Å². The number of aliphatic carboxylic acids is 1. The van der Waals surface area contributed by atoms with Crippen molar-refractivity contribution in [3.8, 4) is 0 Å². The van der Waals surface area contributed by atoms with Crippen molar-refractivity contribution in [2.45, 2.75) is 19.8 Å². The van der Waals surface area contributed by atoms with Gasteiger partial charge in [0.25, 0.3) is 0 Å². The summed E-state index contributed by atoms with van der Waals surface area (Å²) in [6, 6.07) is 0. The minimum absolute atomic E-state index is 0.226. The van der Waals surface area contributed by atoms with Crippen molar-refractivity contribution in [3.63, 3.8) is 0 Å². The molecular weight excluding hydrogens is 148 g/mol. The number of rotatable bonds is 4. The Balaban J connectivity index is 3.60. The van der Waals surface area contributed by atoms with Gasteiger partial charge < -0.3 is 5.11 Å². The van der Waals surface area contributed by atoms with Crippen molar-refractivity contribution in [1.82, 2.24) is 0 Å². The van der Waals surface area contributed by atoms with E-state index >= 15 is 0 Å². The largest absolute Gasteiger partial charge is 0.478 e. The lowest BCUT2D eigenvalue weighted by molar-refractivity contribution is -0.132. The maximum atomic E-state index is 10.2. The van der Waals surface area contributed by atoms with Crippen molar-refractivity contribution >= 4 is 23.1 Å². The predicted molar refractivity (Wildman–Crippen MR) is 44.3 cm³/mol. The van der Waals surface area contributed by atoms with Crippen molar-refractivity contribution in [3.05, 3.63) is 12.2 Å². The molecule has 0 amide bonds. The smallest absolute Gasteiger partial charge is 0.330 e. The van der Waals surface area contributed by atoms with Crippen LogP contribution < -0.4 is 0 Å². The summed E-state index contributed by atoms with van der Waals surface area (Å²) < 4.78 is 0. The molecule has 0 aliphatic heterocycles. The van der Waals surface area contributed by atoms with Gasteiger partial charge in [-0.3, -0.25) is 0 Å². The van der Waals surface area contributed by atoms with Crippen LogP contribution in [0.4, 0.5) is 0 Å². The van der Waals surface area contributed by atoms with E-state index in [0.717, 1.165) is 4.86 Å². The molecule has 0 saturated carbocycles. The molecular formula is C7H10O2S. The Morgan fingerprint density at radius 3 is 2.40 bits per heavy atom. The van der Waals surface area contributed by atoms with Crippen molar-refractivity contribution in [1.29, 1.82) is 0 Å².